The zero-order valence-corrected chi connectivity index (χ0v) is 15.8. The van der Waals surface area contributed by atoms with E-state index in [4.69, 9.17) is 0 Å². The van der Waals surface area contributed by atoms with Gasteiger partial charge in [0, 0.05) is 23.3 Å². The Morgan fingerprint density at radius 2 is 2.04 bits per heavy atom. The molecule has 2 atom stereocenters. The van der Waals surface area contributed by atoms with Crippen LogP contribution in [0.25, 0.3) is 0 Å². The molecule has 1 saturated carbocycles. The van der Waals surface area contributed by atoms with Crippen LogP contribution in [0, 0.1) is 5.92 Å². The first-order valence-corrected chi connectivity index (χ1v) is 9.72. The van der Waals surface area contributed by atoms with Crippen LogP contribution in [-0.2, 0) is 15.0 Å². The van der Waals surface area contributed by atoms with Crippen LogP contribution in [0.3, 0.4) is 0 Å². The van der Waals surface area contributed by atoms with Crippen LogP contribution in [0.15, 0.2) is 5.38 Å². The van der Waals surface area contributed by atoms with Gasteiger partial charge in [-0.2, -0.15) is 0 Å². The van der Waals surface area contributed by atoms with Crippen LogP contribution >= 0.6 is 11.3 Å². The maximum absolute atomic E-state index is 12.7. The standard InChI is InChI=1S/C18H27N3O2S/c1-11(16-20-14(10-24-16)18(2,3)4)19-15(22)13-6-5-9-21(13)17(23)12-7-8-12/h10-13H,5-9H2,1-4H3,(H,19,22)/t11-,13+/m1/s1. The number of aromatic nitrogens is 1. The number of carbonyl (C=O) groups excluding carboxylic acids is 2. The number of nitrogens with zero attached hydrogens (tertiary/aromatic N) is 2. The molecule has 0 radical (unpaired) electrons. The van der Waals surface area contributed by atoms with Crippen molar-refractivity contribution in [2.75, 3.05) is 6.54 Å². The summed E-state index contributed by atoms with van der Waals surface area (Å²) >= 11 is 1.58. The largest absolute Gasteiger partial charge is 0.345 e. The van der Waals surface area contributed by atoms with Gasteiger partial charge >= 0.3 is 0 Å². The maximum Gasteiger partial charge on any atom is 0.243 e. The molecular formula is C18H27N3O2S. The molecule has 2 fully saturated rings. The Hall–Kier alpha value is -1.43. The summed E-state index contributed by atoms with van der Waals surface area (Å²) < 4.78 is 0. The summed E-state index contributed by atoms with van der Waals surface area (Å²) in [4.78, 5) is 31.5. The minimum absolute atomic E-state index is 0.0113. The highest BCUT2D eigenvalue weighted by atomic mass is 32.1. The molecule has 132 valence electrons. The molecule has 3 rings (SSSR count). The van der Waals surface area contributed by atoms with Crippen molar-refractivity contribution in [1.29, 1.82) is 0 Å². The molecule has 5 nitrogen and oxygen atoms in total. The number of hydrogen-bond donors (Lipinski definition) is 1. The average molecular weight is 350 g/mol. The number of likely N-dealkylation sites (tertiary alicyclic amines) is 1. The summed E-state index contributed by atoms with van der Waals surface area (Å²) in [5, 5.41) is 6.05. The van der Waals surface area contributed by atoms with Crippen molar-refractivity contribution >= 4 is 23.2 Å². The van der Waals surface area contributed by atoms with Crippen LogP contribution in [0.5, 0.6) is 0 Å². The zero-order valence-electron chi connectivity index (χ0n) is 15.0. The second kappa shape index (κ2) is 6.47. The smallest absolute Gasteiger partial charge is 0.243 e. The molecule has 0 aromatic carbocycles. The molecule has 1 saturated heterocycles. The van der Waals surface area contributed by atoms with Gasteiger partial charge in [-0.3, -0.25) is 9.59 Å². The lowest BCUT2D eigenvalue weighted by Gasteiger charge is -2.25. The van der Waals surface area contributed by atoms with E-state index in [1.165, 1.54) is 0 Å². The van der Waals surface area contributed by atoms with Crippen LogP contribution < -0.4 is 5.32 Å². The summed E-state index contributed by atoms with van der Waals surface area (Å²) in [6.07, 6.45) is 3.64. The van der Waals surface area contributed by atoms with Gasteiger partial charge in [0.15, 0.2) is 0 Å². The monoisotopic (exact) mass is 349 g/mol. The van der Waals surface area contributed by atoms with Crippen molar-refractivity contribution in [3.05, 3.63) is 16.1 Å². The van der Waals surface area contributed by atoms with Crippen molar-refractivity contribution in [1.82, 2.24) is 15.2 Å². The van der Waals surface area contributed by atoms with E-state index in [0.717, 1.165) is 36.4 Å². The Labute approximate surface area is 147 Å². The third kappa shape index (κ3) is 3.63. The van der Waals surface area contributed by atoms with E-state index in [-0.39, 0.29) is 35.2 Å². The fourth-order valence-electron chi connectivity index (χ4n) is 3.07. The van der Waals surface area contributed by atoms with Crippen LogP contribution in [0.2, 0.25) is 0 Å². The van der Waals surface area contributed by atoms with Gasteiger partial charge in [-0.25, -0.2) is 4.98 Å². The van der Waals surface area contributed by atoms with E-state index in [0.29, 0.717) is 6.54 Å². The topological polar surface area (TPSA) is 62.3 Å². The lowest BCUT2D eigenvalue weighted by Crippen LogP contribution is -2.47. The quantitative estimate of drug-likeness (QED) is 0.909. The summed E-state index contributed by atoms with van der Waals surface area (Å²) in [6.45, 7) is 9.08. The maximum atomic E-state index is 12.7. The van der Waals surface area contributed by atoms with Gasteiger partial charge in [0.1, 0.15) is 11.0 Å². The molecule has 0 spiro atoms. The molecule has 2 amide bonds. The van der Waals surface area contributed by atoms with Crippen molar-refractivity contribution in [2.45, 2.75) is 70.9 Å². The molecule has 2 aliphatic rings. The Kier molecular flexibility index (Phi) is 4.69. The van der Waals surface area contributed by atoms with Gasteiger partial charge in [0.25, 0.3) is 0 Å². The lowest BCUT2D eigenvalue weighted by atomic mass is 9.93. The highest BCUT2D eigenvalue weighted by Crippen LogP contribution is 2.34. The van der Waals surface area contributed by atoms with Gasteiger partial charge in [0.05, 0.1) is 11.7 Å². The van der Waals surface area contributed by atoms with Crippen LogP contribution in [0.4, 0.5) is 0 Å². The predicted octanol–water partition coefficient (Wildman–Crippen LogP) is 3.02. The minimum Gasteiger partial charge on any atom is -0.345 e. The summed E-state index contributed by atoms with van der Waals surface area (Å²) in [7, 11) is 0. The van der Waals surface area contributed by atoms with E-state index in [1.54, 1.807) is 16.2 Å². The van der Waals surface area contributed by atoms with Gasteiger partial charge in [-0.1, -0.05) is 20.8 Å². The molecule has 1 aliphatic carbocycles. The van der Waals surface area contributed by atoms with Crippen molar-refractivity contribution in [3.63, 3.8) is 0 Å². The fraction of sp³-hybridized carbons (Fsp3) is 0.722. The van der Waals surface area contributed by atoms with Crippen LogP contribution in [0.1, 0.15) is 70.1 Å². The first-order valence-electron chi connectivity index (χ1n) is 8.84. The number of carbonyl (C=O) groups is 2. The van der Waals surface area contributed by atoms with E-state index in [1.807, 2.05) is 6.92 Å². The SMILES string of the molecule is C[C@@H](NC(=O)[C@@H]1CCCN1C(=O)C1CC1)c1nc(C(C)(C)C)cs1. The average Bonchev–Trinajstić information content (AvgIpc) is 3.03. The minimum atomic E-state index is -0.303. The molecule has 2 heterocycles. The van der Waals surface area contributed by atoms with Crippen molar-refractivity contribution in [3.8, 4) is 0 Å². The molecule has 24 heavy (non-hydrogen) atoms. The molecule has 0 bridgehead atoms. The number of hydrogen-bond acceptors (Lipinski definition) is 4. The van der Waals surface area contributed by atoms with E-state index in [2.05, 4.69) is 36.5 Å². The Bertz CT molecular complexity index is 630. The normalized spacial score (nSPS) is 22.5. The van der Waals surface area contributed by atoms with Crippen molar-refractivity contribution < 1.29 is 9.59 Å². The molecule has 1 aromatic heterocycles. The van der Waals surface area contributed by atoms with E-state index in [9.17, 15) is 9.59 Å². The van der Waals surface area contributed by atoms with Gasteiger partial charge in [-0.05, 0) is 32.6 Å². The third-order valence-electron chi connectivity index (χ3n) is 4.78. The summed E-state index contributed by atoms with van der Waals surface area (Å²) in [5.74, 6) is 0.301. The highest BCUT2D eigenvalue weighted by molar-refractivity contribution is 7.09. The Morgan fingerprint density at radius 3 is 2.62 bits per heavy atom. The highest BCUT2D eigenvalue weighted by Gasteiger charge is 2.41. The number of amides is 2. The van der Waals surface area contributed by atoms with Gasteiger partial charge < -0.3 is 10.2 Å². The number of rotatable bonds is 4. The Morgan fingerprint density at radius 1 is 1.33 bits per heavy atom. The first kappa shape index (κ1) is 17.4. The van der Waals surface area contributed by atoms with Crippen molar-refractivity contribution in [2.24, 2.45) is 5.92 Å². The molecule has 1 aliphatic heterocycles. The molecule has 1 aromatic rings. The van der Waals surface area contributed by atoms with Gasteiger partial charge in [0.2, 0.25) is 11.8 Å². The van der Waals surface area contributed by atoms with Gasteiger partial charge in [-0.15, -0.1) is 11.3 Å². The molecule has 0 unspecified atom stereocenters. The van der Waals surface area contributed by atoms with E-state index < -0.39 is 0 Å². The zero-order chi connectivity index (χ0) is 17.5. The summed E-state index contributed by atoms with van der Waals surface area (Å²) in [6, 6.07) is -0.431. The second-order valence-electron chi connectivity index (χ2n) is 8.02. The number of thiazole rings is 1. The molecule has 6 heteroatoms. The fourth-order valence-corrected chi connectivity index (χ4v) is 4.12. The number of nitrogens with one attached hydrogen (secondary N) is 1. The van der Waals surface area contributed by atoms with E-state index >= 15 is 0 Å². The molecular weight excluding hydrogens is 322 g/mol. The molecule has 1 N–H and O–H groups in total. The lowest BCUT2D eigenvalue weighted by molar-refractivity contribution is -0.139. The first-order chi connectivity index (χ1) is 11.3. The second-order valence-corrected chi connectivity index (χ2v) is 8.90. The predicted molar refractivity (Wildman–Crippen MR) is 94.8 cm³/mol. The summed E-state index contributed by atoms with van der Waals surface area (Å²) in [5.41, 5.74) is 1.06. The van der Waals surface area contributed by atoms with Crippen LogP contribution in [-0.4, -0.2) is 34.3 Å². The Balaban J connectivity index is 1.63. The third-order valence-corrected chi connectivity index (χ3v) is 5.81.